The van der Waals surface area contributed by atoms with Crippen LogP contribution in [0.3, 0.4) is 0 Å². The first-order valence-electron chi connectivity index (χ1n) is 8.20. The molecule has 2 fully saturated rings. The van der Waals surface area contributed by atoms with Crippen molar-refractivity contribution in [2.24, 2.45) is 0 Å². The Hall–Kier alpha value is -0.970. The summed E-state index contributed by atoms with van der Waals surface area (Å²) in [6.07, 6.45) is 9.86. The molecule has 0 aliphatic heterocycles. The van der Waals surface area contributed by atoms with Crippen LogP contribution in [-0.4, -0.2) is 34.1 Å². The van der Waals surface area contributed by atoms with Gasteiger partial charge in [-0.15, -0.1) is 0 Å². The normalized spacial score (nSPS) is 25.6. The molecule has 0 atom stereocenters. The van der Waals surface area contributed by atoms with Crippen LogP contribution < -0.4 is 10.6 Å². The molecular formula is C16H26N4S. The van der Waals surface area contributed by atoms with Gasteiger partial charge in [-0.2, -0.15) is 11.8 Å². The number of rotatable bonds is 6. The highest BCUT2D eigenvalue weighted by molar-refractivity contribution is 7.99. The lowest BCUT2D eigenvalue weighted by Crippen LogP contribution is -2.27. The molecule has 2 aliphatic carbocycles. The van der Waals surface area contributed by atoms with Crippen molar-refractivity contribution in [2.45, 2.75) is 62.7 Å². The van der Waals surface area contributed by atoms with E-state index in [0.717, 1.165) is 29.3 Å². The molecule has 2 aliphatic rings. The van der Waals surface area contributed by atoms with Gasteiger partial charge in [0.05, 0.1) is 0 Å². The molecule has 0 aromatic carbocycles. The molecule has 21 heavy (non-hydrogen) atoms. The summed E-state index contributed by atoms with van der Waals surface area (Å²) in [5, 5.41) is 7.83. The second-order valence-electron chi connectivity index (χ2n) is 6.15. The van der Waals surface area contributed by atoms with E-state index in [0.29, 0.717) is 12.0 Å². The van der Waals surface area contributed by atoms with Gasteiger partial charge in [0.25, 0.3) is 0 Å². The number of anilines is 2. The average molecular weight is 306 g/mol. The van der Waals surface area contributed by atoms with E-state index in [1.54, 1.807) is 0 Å². The summed E-state index contributed by atoms with van der Waals surface area (Å²) >= 11 is 2.01. The number of nitrogens with one attached hydrogen (secondary N) is 2. The minimum Gasteiger partial charge on any atom is -0.370 e. The Morgan fingerprint density at radius 2 is 1.81 bits per heavy atom. The van der Waals surface area contributed by atoms with Crippen LogP contribution in [0.2, 0.25) is 0 Å². The van der Waals surface area contributed by atoms with Crippen molar-refractivity contribution >= 4 is 23.4 Å². The first kappa shape index (κ1) is 14.9. The van der Waals surface area contributed by atoms with Crippen molar-refractivity contribution in [1.82, 2.24) is 9.97 Å². The molecule has 1 heterocycles. The highest BCUT2D eigenvalue weighted by Crippen LogP contribution is 2.39. The van der Waals surface area contributed by atoms with Gasteiger partial charge in [-0.05, 0) is 51.7 Å². The van der Waals surface area contributed by atoms with Crippen molar-refractivity contribution in [2.75, 3.05) is 23.4 Å². The maximum atomic E-state index is 4.74. The van der Waals surface area contributed by atoms with Gasteiger partial charge in [0.2, 0.25) is 0 Å². The van der Waals surface area contributed by atoms with Crippen LogP contribution in [-0.2, 0) is 0 Å². The fourth-order valence-electron chi connectivity index (χ4n) is 2.99. The van der Waals surface area contributed by atoms with Gasteiger partial charge in [0.15, 0.2) is 0 Å². The summed E-state index contributed by atoms with van der Waals surface area (Å²) in [5.74, 6) is 3.59. The SMILES string of the molecule is CCNc1cc(NC2CCC(SC)CC2)nc(C2CC2)n1. The molecule has 1 aromatic heterocycles. The lowest BCUT2D eigenvalue weighted by Gasteiger charge is -2.28. The Labute approximate surface area is 131 Å². The number of thioether (sulfide) groups is 1. The van der Waals surface area contributed by atoms with Gasteiger partial charge < -0.3 is 10.6 Å². The van der Waals surface area contributed by atoms with Crippen LogP contribution in [0.4, 0.5) is 11.6 Å². The summed E-state index contributed by atoms with van der Waals surface area (Å²) in [7, 11) is 0. The molecule has 4 nitrogen and oxygen atoms in total. The molecule has 0 saturated heterocycles. The topological polar surface area (TPSA) is 49.8 Å². The van der Waals surface area contributed by atoms with Crippen LogP contribution in [0, 0.1) is 0 Å². The fraction of sp³-hybridized carbons (Fsp3) is 0.750. The summed E-state index contributed by atoms with van der Waals surface area (Å²) in [4.78, 5) is 9.38. The zero-order chi connectivity index (χ0) is 14.7. The number of hydrogen-bond donors (Lipinski definition) is 2. The van der Waals surface area contributed by atoms with E-state index in [1.165, 1.54) is 38.5 Å². The molecule has 2 N–H and O–H groups in total. The van der Waals surface area contributed by atoms with Gasteiger partial charge in [0.1, 0.15) is 17.5 Å². The lowest BCUT2D eigenvalue weighted by atomic mass is 9.95. The summed E-state index contributed by atoms with van der Waals surface area (Å²) in [5.41, 5.74) is 0. The standard InChI is InChI=1S/C16H26N4S/c1-3-17-14-10-15(20-16(19-14)11-4-5-11)18-12-6-8-13(21-2)9-7-12/h10-13H,3-9H2,1-2H3,(H2,17,18,19,20). The lowest BCUT2D eigenvalue weighted by molar-refractivity contribution is 0.472. The molecular weight excluding hydrogens is 280 g/mol. The molecule has 0 bridgehead atoms. The van der Waals surface area contributed by atoms with E-state index in [-0.39, 0.29) is 0 Å². The third-order valence-electron chi connectivity index (χ3n) is 4.40. The zero-order valence-corrected chi connectivity index (χ0v) is 13.9. The predicted octanol–water partition coefficient (Wildman–Crippen LogP) is 3.87. The van der Waals surface area contributed by atoms with Crippen molar-refractivity contribution < 1.29 is 0 Å². The minimum absolute atomic E-state index is 0.574. The van der Waals surface area contributed by atoms with Crippen LogP contribution in [0.1, 0.15) is 57.2 Å². The highest BCUT2D eigenvalue weighted by atomic mass is 32.2. The summed E-state index contributed by atoms with van der Waals surface area (Å²) in [6.45, 7) is 3.01. The maximum absolute atomic E-state index is 4.74. The van der Waals surface area contributed by atoms with Crippen LogP contribution in [0.15, 0.2) is 6.07 Å². The monoisotopic (exact) mass is 306 g/mol. The molecule has 1 aromatic rings. The number of hydrogen-bond acceptors (Lipinski definition) is 5. The molecule has 5 heteroatoms. The second-order valence-corrected chi connectivity index (χ2v) is 7.29. The molecule has 2 saturated carbocycles. The Morgan fingerprint density at radius 3 is 2.43 bits per heavy atom. The Morgan fingerprint density at radius 1 is 1.10 bits per heavy atom. The first-order chi connectivity index (χ1) is 10.3. The summed E-state index contributed by atoms with van der Waals surface area (Å²) in [6, 6.07) is 2.64. The van der Waals surface area contributed by atoms with E-state index in [4.69, 9.17) is 4.98 Å². The van der Waals surface area contributed by atoms with E-state index in [2.05, 4.69) is 34.9 Å². The fourth-order valence-corrected chi connectivity index (χ4v) is 3.73. The summed E-state index contributed by atoms with van der Waals surface area (Å²) < 4.78 is 0. The van der Waals surface area contributed by atoms with Crippen molar-refractivity contribution in [1.29, 1.82) is 0 Å². The van der Waals surface area contributed by atoms with Gasteiger partial charge in [-0.25, -0.2) is 9.97 Å². The number of aromatic nitrogens is 2. The van der Waals surface area contributed by atoms with E-state index in [9.17, 15) is 0 Å². The van der Waals surface area contributed by atoms with Crippen LogP contribution in [0.5, 0.6) is 0 Å². The van der Waals surface area contributed by atoms with Crippen molar-refractivity contribution in [3.63, 3.8) is 0 Å². The quantitative estimate of drug-likeness (QED) is 0.835. The zero-order valence-electron chi connectivity index (χ0n) is 13.1. The van der Waals surface area contributed by atoms with Crippen LogP contribution >= 0.6 is 11.8 Å². The molecule has 0 spiro atoms. The third-order valence-corrected chi connectivity index (χ3v) is 5.54. The molecule has 3 rings (SSSR count). The smallest absolute Gasteiger partial charge is 0.136 e. The number of nitrogens with zero attached hydrogens (tertiary/aromatic N) is 2. The van der Waals surface area contributed by atoms with E-state index in [1.807, 2.05) is 11.8 Å². The highest BCUT2D eigenvalue weighted by Gasteiger charge is 2.28. The molecule has 116 valence electrons. The molecule has 0 unspecified atom stereocenters. The predicted molar refractivity (Wildman–Crippen MR) is 91.4 cm³/mol. The van der Waals surface area contributed by atoms with E-state index < -0.39 is 0 Å². The van der Waals surface area contributed by atoms with Gasteiger partial charge in [-0.1, -0.05) is 0 Å². The van der Waals surface area contributed by atoms with Crippen molar-refractivity contribution in [3.8, 4) is 0 Å². The Balaban J connectivity index is 1.66. The third kappa shape index (κ3) is 4.02. The second kappa shape index (κ2) is 6.86. The largest absolute Gasteiger partial charge is 0.370 e. The molecule has 0 radical (unpaired) electrons. The minimum atomic E-state index is 0.574. The maximum Gasteiger partial charge on any atom is 0.136 e. The Bertz CT molecular complexity index is 467. The first-order valence-corrected chi connectivity index (χ1v) is 9.49. The average Bonchev–Trinajstić information content (AvgIpc) is 3.33. The van der Waals surface area contributed by atoms with Crippen molar-refractivity contribution in [3.05, 3.63) is 11.9 Å². The molecule has 0 amide bonds. The van der Waals surface area contributed by atoms with E-state index >= 15 is 0 Å². The van der Waals surface area contributed by atoms with Gasteiger partial charge in [0, 0.05) is 29.8 Å². The Kier molecular flexibility index (Phi) is 4.88. The van der Waals surface area contributed by atoms with Gasteiger partial charge >= 0.3 is 0 Å². The van der Waals surface area contributed by atoms with Crippen LogP contribution in [0.25, 0.3) is 0 Å². The van der Waals surface area contributed by atoms with Gasteiger partial charge in [-0.3, -0.25) is 0 Å².